The maximum Gasteiger partial charge on any atom is 0.153 e. The van der Waals surface area contributed by atoms with Crippen molar-refractivity contribution in [1.82, 2.24) is 0 Å². The lowest BCUT2D eigenvalue weighted by molar-refractivity contribution is 0.469. The molecular weight excluding hydrogens is 323 g/mol. The van der Waals surface area contributed by atoms with Crippen LogP contribution in [-0.4, -0.2) is 16.4 Å². The molecule has 22 heavy (non-hydrogen) atoms. The standard InChI is InChI=1S/C16H14Cl2N2O2/c1-16(2)8-4-12(21)7(6-19)3-10(8)20-11-5-9(17)15(22)14(18)13(11)16/h3-6,19-22H,1-2H3. The lowest BCUT2D eigenvalue weighted by Gasteiger charge is -2.37. The first-order valence-electron chi connectivity index (χ1n) is 6.63. The molecule has 6 heteroatoms. The van der Waals surface area contributed by atoms with Gasteiger partial charge in [-0.15, -0.1) is 0 Å². The number of phenols is 2. The van der Waals surface area contributed by atoms with Crippen molar-refractivity contribution >= 4 is 40.8 Å². The van der Waals surface area contributed by atoms with Gasteiger partial charge in [-0.2, -0.15) is 0 Å². The summed E-state index contributed by atoms with van der Waals surface area (Å²) in [6, 6.07) is 4.95. The quantitative estimate of drug-likeness (QED) is 0.447. The van der Waals surface area contributed by atoms with Gasteiger partial charge in [-0.3, -0.25) is 0 Å². The Hall–Kier alpha value is -1.91. The second-order valence-corrected chi connectivity index (χ2v) is 6.58. The first-order valence-corrected chi connectivity index (χ1v) is 7.39. The van der Waals surface area contributed by atoms with Gasteiger partial charge < -0.3 is 20.9 Å². The molecule has 0 saturated heterocycles. The van der Waals surface area contributed by atoms with E-state index in [0.717, 1.165) is 17.5 Å². The fraction of sp³-hybridized carbons (Fsp3) is 0.188. The van der Waals surface area contributed by atoms with E-state index in [4.69, 9.17) is 28.6 Å². The van der Waals surface area contributed by atoms with E-state index >= 15 is 0 Å². The van der Waals surface area contributed by atoms with E-state index in [-0.39, 0.29) is 21.5 Å². The predicted molar refractivity (Wildman–Crippen MR) is 89.5 cm³/mol. The van der Waals surface area contributed by atoms with Crippen LogP contribution in [0.4, 0.5) is 11.4 Å². The number of nitrogens with one attached hydrogen (secondary N) is 2. The highest BCUT2D eigenvalue weighted by Gasteiger charge is 2.37. The van der Waals surface area contributed by atoms with Gasteiger partial charge >= 0.3 is 0 Å². The van der Waals surface area contributed by atoms with Crippen molar-refractivity contribution in [2.45, 2.75) is 19.3 Å². The summed E-state index contributed by atoms with van der Waals surface area (Å²) in [5.41, 5.74) is 2.88. The minimum atomic E-state index is -0.549. The molecule has 0 aromatic heterocycles. The van der Waals surface area contributed by atoms with Crippen molar-refractivity contribution in [3.05, 3.63) is 44.9 Å². The Morgan fingerprint density at radius 2 is 1.82 bits per heavy atom. The molecule has 0 amide bonds. The smallest absolute Gasteiger partial charge is 0.153 e. The van der Waals surface area contributed by atoms with E-state index in [1.54, 1.807) is 18.2 Å². The summed E-state index contributed by atoms with van der Waals surface area (Å²) in [4.78, 5) is 0. The number of anilines is 2. The summed E-state index contributed by atoms with van der Waals surface area (Å²) in [6.07, 6.45) is 1.09. The Morgan fingerprint density at radius 1 is 1.14 bits per heavy atom. The van der Waals surface area contributed by atoms with Crippen molar-refractivity contribution in [1.29, 1.82) is 5.41 Å². The second-order valence-electron chi connectivity index (χ2n) is 5.79. The maximum absolute atomic E-state index is 10.0. The third-order valence-corrected chi connectivity index (χ3v) is 4.74. The molecule has 0 saturated carbocycles. The van der Waals surface area contributed by atoms with Gasteiger partial charge in [0.1, 0.15) is 5.75 Å². The summed E-state index contributed by atoms with van der Waals surface area (Å²) >= 11 is 12.3. The lowest BCUT2D eigenvalue weighted by Crippen LogP contribution is -2.26. The molecule has 1 heterocycles. The van der Waals surface area contributed by atoms with Crippen LogP contribution < -0.4 is 5.32 Å². The highest BCUT2D eigenvalue weighted by atomic mass is 35.5. The molecule has 0 aliphatic carbocycles. The van der Waals surface area contributed by atoms with Crippen LogP contribution in [0.3, 0.4) is 0 Å². The number of aromatic hydroxyl groups is 2. The number of rotatable bonds is 1. The molecule has 3 rings (SSSR count). The first kappa shape index (κ1) is 15.0. The van der Waals surface area contributed by atoms with Crippen LogP contribution in [0.25, 0.3) is 0 Å². The largest absolute Gasteiger partial charge is 0.507 e. The maximum atomic E-state index is 10.0. The average Bonchev–Trinajstić information content (AvgIpc) is 2.45. The number of halogens is 2. The van der Waals surface area contributed by atoms with Crippen LogP contribution in [0.15, 0.2) is 18.2 Å². The van der Waals surface area contributed by atoms with Gasteiger partial charge in [0.05, 0.1) is 10.0 Å². The molecule has 4 nitrogen and oxygen atoms in total. The van der Waals surface area contributed by atoms with E-state index in [9.17, 15) is 10.2 Å². The molecule has 0 bridgehead atoms. The van der Waals surface area contributed by atoms with Crippen LogP contribution in [-0.2, 0) is 5.41 Å². The van der Waals surface area contributed by atoms with E-state index in [1.165, 1.54) is 0 Å². The topological polar surface area (TPSA) is 76.3 Å². The number of phenolic OH excluding ortho intramolecular Hbond substituents is 2. The summed E-state index contributed by atoms with van der Waals surface area (Å²) < 4.78 is 0. The fourth-order valence-corrected chi connectivity index (χ4v) is 3.63. The Balaban J connectivity index is 2.33. The monoisotopic (exact) mass is 336 g/mol. The lowest BCUT2D eigenvalue weighted by atomic mass is 9.74. The third-order valence-electron chi connectivity index (χ3n) is 4.08. The molecule has 0 atom stereocenters. The Morgan fingerprint density at radius 3 is 2.45 bits per heavy atom. The van der Waals surface area contributed by atoms with E-state index in [0.29, 0.717) is 16.8 Å². The summed E-state index contributed by atoms with van der Waals surface area (Å²) in [5.74, 6) is -0.123. The molecule has 0 radical (unpaired) electrons. The molecule has 1 aliphatic heterocycles. The van der Waals surface area contributed by atoms with Crippen molar-refractivity contribution in [3.8, 4) is 11.5 Å². The SMILES string of the molecule is CC1(C)c2cc(O)c(C=N)cc2Nc2cc(Cl)c(O)c(Cl)c21. The average molecular weight is 337 g/mol. The van der Waals surface area contributed by atoms with E-state index in [1.807, 2.05) is 13.8 Å². The van der Waals surface area contributed by atoms with Gasteiger partial charge in [0.25, 0.3) is 0 Å². The fourth-order valence-electron chi connectivity index (χ4n) is 2.94. The minimum Gasteiger partial charge on any atom is -0.507 e. The minimum absolute atomic E-state index is 0.0291. The Labute approximate surface area is 137 Å². The van der Waals surface area contributed by atoms with Gasteiger partial charge in [-0.25, -0.2) is 0 Å². The van der Waals surface area contributed by atoms with Crippen molar-refractivity contribution < 1.29 is 10.2 Å². The van der Waals surface area contributed by atoms with E-state index in [2.05, 4.69) is 5.32 Å². The van der Waals surface area contributed by atoms with Crippen molar-refractivity contribution in [3.63, 3.8) is 0 Å². The van der Waals surface area contributed by atoms with Gasteiger partial charge in [-0.05, 0) is 23.8 Å². The zero-order chi connectivity index (χ0) is 16.2. The highest BCUT2D eigenvalue weighted by molar-refractivity contribution is 6.38. The molecule has 114 valence electrons. The summed E-state index contributed by atoms with van der Waals surface area (Å²) in [6.45, 7) is 3.91. The zero-order valence-electron chi connectivity index (χ0n) is 12.0. The molecule has 0 spiro atoms. The zero-order valence-corrected chi connectivity index (χ0v) is 13.5. The van der Waals surface area contributed by atoms with Crippen LogP contribution in [0, 0.1) is 5.41 Å². The molecule has 4 N–H and O–H groups in total. The van der Waals surface area contributed by atoms with Gasteiger partial charge in [0, 0.05) is 34.1 Å². The normalized spacial score (nSPS) is 14.7. The van der Waals surface area contributed by atoms with Crippen molar-refractivity contribution in [2.24, 2.45) is 0 Å². The molecule has 2 aromatic carbocycles. The summed E-state index contributed by atoms with van der Waals surface area (Å²) in [7, 11) is 0. The van der Waals surface area contributed by atoms with Gasteiger partial charge in [-0.1, -0.05) is 37.0 Å². The van der Waals surface area contributed by atoms with Gasteiger partial charge in [0.15, 0.2) is 5.75 Å². The number of benzene rings is 2. The number of fused-ring (bicyclic) bond motifs is 2. The van der Waals surface area contributed by atoms with Crippen molar-refractivity contribution in [2.75, 3.05) is 5.32 Å². The predicted octanol–water partition coefficient (Wildman–Crippen LogP) is 4.79. The Bertz CT molecular complexity index is 817. The van der Waals surface area contributed by atoms with Crippen LogP contribution >= 0.6 is 23.2 Å². The number of hydrogen-bond donors (Lipinski definition) is 4. The number of hydrogen-bond acceptors (Lipinski definition) is 4. The highest BCUT2D eigenvalue weighted by Crippen LogP contribution is 2.53. The molecule has 2 aromatic rings. The van der Waals surface area contributed by atoms with E-state index < -0.39 is 5.41 Å². The molecule has 0 fully saturated rings. The summed E-state index contributed by atoms with van der Waals surface area (Å²) in [5, 5.41) is 31.0. The third kappa shape index (κ3) is 1.95. The van der Waals surface area contributed by atoms with Gasteiger partial charge in [0.2, 0.25) is 0 Å². The molecule has 1 aliphatic rings. The van der Waals surface area contributed by atoms with Crippen LogP contribution in [0.5, 0.6) is 11.5 Å². The molecular formula is C16H14Cl2N2O2. The first-order chi connectivity index (χ1) is 10.3. The second kappa shape index (κ2) is 4.80. The van der Waals surface area contributed by atoms with Crippen LogP contribution in [0.1, 0.15) is 30.5 Å². The van der Waals surface area contributed by atoms with Crippen LogP contribution in [0.2, 0.25) is 10.0 Å². The molecule has 0 unspecified atom stereocenters. The Kier molecular flexibility index (Phi) is 3.27.